The molecule has 4 heteroatoms. The average molecular weight is 231 g/mol. The molecule has 1 N–H and O–H groups in total. The second-order valence-electron chi connectivity index (χ2n) is 4.00. The number of ether oxygens (including phenoxy) is 2. The normalized spacial score (nSPS) is 13.5. The molecule has 0 atom stereocenters. The summed E-state index contributed by atoms with van der Waals surface area (Å²) in [4.78, 5) is 14.6. The Labute approximate surface area is 98.2 Å². The number of nitrogens with one attached hydrogen (secondary N) is 1. The fourth-order valence-electron chi connectivity index (χ4n) is 2.19. The zero-order valence-corrected chi connectivity index (χ0v) is 9.58. The summed E-state index contributed by atoms with van der Waals surface area (Å²) in [6, 6.07) is 5.62. The minimum atomic E-state index is -0.0471. The molecule has 1 aromatic carbocycles. The molecule has 1 aliphatic heterocycles. The number of H-pyrrole nitrogens is 1. The van der Waals surface area contributed by atoms with E-state index in [9.17, 15) is 4.79 Å². The maximum atomic E-state index is 11.8. The number of hydrogen-bond acceptors (Lipinski definition) is 3. The Balaban J connectivity index is 2.28. The van der Waals surface area contributed by atoms with E-state index in [1.165, 1.54) is 0 Å². The number of rotatable bonds is 2. The molecule has 88 valence electrons. The van der Waals surface area contributed by atoms with Gasteiger partial charge in [0.2, 0.25) is 0 Å². The predicted octanol–water partition coefficient (Wildman–Crippen LogP) is 1.86. The third-order valence-corrected chi connectivity index (χ3v) is 2.94. The van der Waals surface area contributed by atoms with Gasteiger partial charge in [0.25, 0.3) is 5.56 Å². The van der Waals surface area contributed by atoms with Crippen LogP contribution in [0.2, 0.25) is 0 Å². The highest BCUT2D eigenvalue weighted by molar-refractivity contribution is 5.87. The van der Waals surface area contributed by atoms with Crippen LogP contribution in [-0.4, -0.2) is 18.2 Å². The minimum Gasteiger partial charge on any atom is -0.494 e. The van der Waals surface area contributed by atoms with E-state index >= 15 is 0 Å². The molecular formula is C13H13NO3. The molecule has 2 aromatic rings. The van der Waals surface area contributed by atoms with E-state index in [0.717, 1.165) is 22.2 Å². The lowest BCUT2D eigenvalue weighted by Gasteiger charge is -2.07. The number of pyridine rings is 1. The predicted molar refractivity (Wildman–Crippen MR) is 64.9 cm³/mol. The molecule has 17 heavy (non-hydrogen) atoms. The van der Waals surface area contributed by atoms with Crippen molar-refractivity contribution in [2.24, 2.45) is 0 Å². The van der Waals surface area contributed by atoms with Crippen LogP contribution in [0, 0.1) is 0 Å². The molecule has 1 aliphatic rings. The molecule has 0 amide bonds. The van der Waals surface area contributed by atoms with Crippen LogP contribution in [0.15, 0.2) is 23.0 Å². The Morgan fingerprint density at radius 3 is 3.18 bits per heavy atom. The van der Waals surface area contributed by atoms with Gasteiger partial charge in [0.15, 0.2) is 0 Å². The highest BCUT2D eigenvalue weighted by Gasteiger charge is 2.19. The van der Waals surface area contributed by atoms with Crippen LogP contribution in [0.1, 0.15) is 12.5 Å². The summed E-state index contributed by atoms with van der Waals surface area (Å²) >= 11 is 0. The summed E-state index contributed by atoms with van der Waals surface area (Å²) in [5, 5.41) is 0.919. The van der Waals surface area contributed by atoms with E-state index in [0.29, 0.717) is 25.4 Å². The van der Waals surface area contributed by atoms with Crippen molar-refractivity contribution in [2.75, 3.05) is 13.2 Å². The summed E-state index contributed by atoms with van der Waals surface area (Å²) in [6.45, 7) is 3.15. The Hall–Kier alpha value is -1.97. The molecule has 3 rings (SSSR count). The van der Waals surface area contributed by atoms with Gasteiger partial charge in [-0.3, -0.25) is 4.79 Å². The molecule has 0 fully saturated rings. The smallest absolute Gasteiger partial charge is 0.255 e. The van der Waals surface area contributed by atoms with Gasteiger partial charge in [-0.1, -0.05) is 0 Å². The Morgan fingerprint density at radius 2 is 2.35 bits per heavy atom. The van der Waals surface area contributed by atoms with E-state index in [-0.39, 0.29) is 5.56 Å². The van der Waals surface area contributed by atoms with Crippen LogP contribution in [0.25, 0.3) is 10.9 Å². The Morgan fingerprint density at radius 1 is 1.47 bits per heavy atom. The van der Waals surface area contributed by atoms with E-state index in [2.05, 4.69) is 4.98 Å². The maximum Gasteiger partial charge on any atom is 0.255 e. The SMILES string of the molecule is CCOc1ccc2[nH]c(=O)c3c(c2c1)OCC3. The molecule has 0 saturated heterocycles. The first-order valence-corrected chi connectivity index (χ1v) is 5.74. The highest BCUT2D eigenvalue weighted by atomic mass is 16.5. The molecule has 0 bridgehead atoms. The molecular weight excluding hydrogens is 218 g/mol. The number of aromatic nitrogens is 1. The lowest BCUT2D eigenvalue weighted by Crippen LogP contribution is -2.10. The van der Waals surface area contributed by atoms with Gasteiger partial charge >= 0.3 is 0 Å². The lowest BCUT2D eigenvalue weighted by atomic mass is 10.1. The van der Waals surface area contributed by atoms with Gasteiger partial charge in [-0.05, 0) is 25.1 Å². The number of aromatic amines is 1. The van der Waals surface area contributed by atoms with E-state index in [4.69, 9.17) is 9.47 Å². The van der Waals surface area contributed by atoms with Gasteiger partial charge in [-0.15, -0.1) is 0 Å². The standard InChI is InChI=1S/C13H13NO3/c1-2-16-8-3-4-11-10(7-8)12-9(5-6-17-12)13(15)14-11/h3-4,7H,2,5-6H2,1H3,(H,14,15). The summed E-state index contributed by atoms with van der Waals surface area (Å²) < 4.78 is 11.0. The average Bonchev–Trinajstić information content (AvgIpc) is 2.80. The van der Waals surface area contributed by atoms with Gasteiger partial charge in [-0.25, -0.2) is 0 Å². The van der Waals surface area contributed by atoms with Crippen molar-refractivity contribution < 1.29 is 9.47 Å². The summed E-state index contributed by atoms with van der Waals surface area (Å²) in [5.74, 6) is 1.51. The molecule has 0 radical (unpaired) electrons. The molecule has 0 unspecified atom stereocenters. The van der Waals surface area contributed by atoms with Crippen LogP contribution < -0.4 is 15.0 Å². The van der Waals surface area contributed by atoms with E-state index < -0.39 is 0 Å². The quantitative estimate of drug-likeness (QED) is 0.858. The summed E-state index contributed by atoms with van der Waals surface area (Å²) in [7, 11) is 0. The number of hydrogen-bond donors (Lipinski definition) is 1. The van der Waals surface area contributed by atoms with Gasteiger partial charge in [-0.2, -0.15) is 0 Å². The number of fused-ring (bicyclic) bond motifs is 3. The monoisotopic (exact) mass is 231 g/mol. The van der Waals surface area contributed by atoms with Gasteiger partial charge in [0.05, 0.1) is 24.3 Å². The van der Waals surface area contributed by atoms with Crippen LogP contribution in [0.3, 0.4) is 0 Å². The zero-order valence-electron chi connectivity index (χ0n) is 9.58. The first kappa shape index (κ1) is 10.2. The lowest BCUT2D eigenvalue weighted by molar-refractivity contribution is 0.340. The zero-order chi connectivity index (χ0) is 11.8. The molecule has 0 spiro atoms. The van der Waals surface area contributed by atoms with Gasteiger partial charge in [0, 0.05) is 11.8 Å². The van der Waals surface area contributed by atoms with Crippen LogP contribution in [0.4, 0.5) is 0 Å². The molecule has 1 aromatic heterocycles. The van der Waals surface area contributed by atoms with Crippen molar-refractivity contribution in [1.29, 1.82) is 0 Å². The van der Waals surface area contributed by atoms with E-state index in [1.807, 2.05) is 25.1 Å². The first-order chi connectivity index (χ1) is 8.29. The van der Waals surface area contributed by atoms with Crippen molar-refractivity contribution in [3.63, 3.8) is 0 Å². The van der Waals surface area contributed by atoms with Crippen molar-refractivity contribution in [2.45, 2.75) is 13.3 Å². The van der Waals surface area contributed by atoms with Gasteiger partial charge < -0.3 is 14.5 Å². The molecule has 0 aliphatic carbocycles. The van der Waals surface area contributed by atoms with Gasteiger partial charge in [0.1, 0.15) is 11.5 Å². The second-order valence-corrected chi connectivity index (χ2v) is 4.00. The Bertz CT molecular complexity index is 630. The van der Waals surface area contributed by atoms with Crippen molar-refractivity contribution in [3.8, 4) is 11.5 Å². The third kappa shape index (κ3) is 1.56. The summed E-state index contributed by atoms with van der Waals surface area (Å²) in [6.07, 6.45) is 0.680. The largest absolute Gasteiger partial charge is 0.494 e. The summed E-state index contributed by atoms with van der Waals surface area (Å²) in [5.41, 5.74) is 1.49. The molecule has 0 saturated carbocycles. The Kier molecular flexibility index (Phi) is 2.28. The van der Waals surface area contributed by atoms with Crippen molar-refractivity contribution >= 4 is 10.9 Å². The maximum absolute atomic E-state index is 11.8. The molecule has 2 heterocycles. The van der Waals surface area contributed by atoms with Crippen molar-refractivity contribution in [1.82, 2.24) is 4.98 Å². The first-order valence-electron chi connectivity index (χ1n) is 5.74. The minimum absolute atomic E-state index is 0.0471. The van der Waals surface area contributed by atoms with Crippen LogP contribution in [-0.2, 0) is 6.42 Å². The number of benzene rings is 1. The fraction of sp³-hybridized carbons (Fsp3) is 0.308. The fourth-order valence-corrected chi connectivity index (χ4v) is 2.19. The molecule has 4 nitrogen and oxygen atoms in total. The van der Waals surface area contributed by atoms with Crippen molar-refractivity contribution in [3.05, 3.63) is 34.1 Å². The van der Waals surface area contributed by atoms with E-state index in [1.54, 1.807) is 0 Å². The highest BCUT2D eigenvalue weighted by Crippen LogP contribution is 2.32. The third-order valence-electron chi connectivity index (χ3n) is 2.94. The van der Waals surface area contributed by atoms with Crippen LogP contribution in [0.5, 0.6) is 11.5 Å². The van der Waals surface area contributed by atoms with Crippen LogP contribution >= 0.6 is 0 Å². The topological polar surface area (TPSA) is 51.3 Å². The second kappa shape index (κ2) is 3.80.